The molecule has 0 saturated carbocycles. The molecule has 3 aromatic rings. The van der Waals surface area contributed by atoms with Gasteiger partial charge in [0.15, 0.2) is 5.75 Å². The van der Waals surface area contributed by atoms with Crippen LogP contribution in [0.3, 0.4) is 0 Å². The zero-order chi connectivity index (χ0) is 20.0. The van der Waals surface area contributed by atoms with E-state index in [2.05, 4.69) is 4.98 Å². The SMILES string of the molecule is CSN(C)c1c2c(c(O)c3ncccc13)C(=O)N(Cc1cc(F)ccc1F)C2. The predicted molar refractivity (Wildman–Crippen MR) is 105 cm³/mol. The second-order valence-corrected chi connectivity index (χ2v) is 7.44. The number of halogens is 2. The number of amides is 1. The lowest BCUT2D eigenvalue weighted by Gasteiger charge is -2.22. The summed E-state index contributed by atoms with van der Waals surface area (Å²) in [5, 5.41) is 11.5. The van der Waals surface area contributed by atoms with Gasteiger partial charge >= 0.3 is 0 Å². The third-order valence-corrected chi connectivity index (χ3v) is 5.65. The predicted octanol–water partition coefficient (Wildman–Crippen LogP) is 4.09. The number of hydrogen-bond donors (Lipinski definition) is 1. The van der Waals surface area contributed by atoms with E-state index in [1.54, 1.807) is 12.3 Å². The molecule has 2 heterocycles. The molecule has 28 heavy (non-hydrogen) atoms. The van der Waals surface area contributed by atoms with Crippen molar-refractivity contribution in [3.8, 4) is 5.75 Å². The number of rotatable bonds is 4. The van der Waals surface area contributed by atoms with Crippen molar-refractivity contribution in [1.82, 2.24) is 9.88 Å². The van der Waals surface area contributed by atoms with Crippen LogP contribution >= 0.6 is 11.9 Å². The Morgan fingerprint density at radius 3 is 2.86 bits per heavy atom. The van der Waals surface area contributed by atoms with Gasteiger partial charge in [-0.2, -0.15) is 0 Å². The maximum atomic E-state index is 14.1. The summed E-state index contributed by atoms with van der Waals surface area (Å²) in [6.07, 6.45) is 3.45. The second kappa shape index (κ2) is 6.94. The van der Waals surface area contributed by atoms with Gasteiger partial charge < -0.3 is 14.3 Å². The number of carbonyl (C=O) groups excluding carboxylic acids is 1. The van der Waals surface area contributed by atoms with Crippen molar-refractivity contribution in [2.45, 2.75) is 13.1 Å². The van der Waals surface area contributed by atoms with E-state index in [1.165, 1.54) is 16.8 Å². The largest absolute Gasteiger partial charge is 0.505 e. The molecular weight excluding hydrogens is 384 g/mol. The molecule has 0 spiro atoms. The standard InChI is InChI=1S/C20H17F2N3O2S/c1-24(28-2)18-13-4-3-7-23-17(13)19(26)16-14(18)10-25(20(16)27)9-11-8-12(21)5-6-15(11)22/h3-8,26H,9-10H2,1-2H3. The van der Waals surface area contributed by atoms with Gasteiger partial charge in [0.1, 0.15) is 17.2 Å². The highest BCUT2D eigenvalue weighted by Gasteiger charge is 2.36. The molecule has 8 heteroatoms. The van der Waals surface area contributed by atoms with Crippen LogP contribution in [0.15, 0.2) is 36.5 Å². The Labute approximate surface area is 164 Å². The summed E-state index contributed by atoms with van der Waals surface area (Å²) in [5.74, 6) is -1.76. The summed E-state index contributed by atoms with van der Waals surface area (Å²) in [5.41, 5.74) is 2.02. The number of pyridine rings is 1. The molecule has 0 aliphatic carbocycles. The zero-order valence-corrected chi connectivity index (χ0v) is 16.1. The van der Waals surface area contributed by atoms with E-state index in [4.69, 9.17) is 0 Å². The maximum Gasteiger partial charge on any atom is 0.258 e. The number of fused-ring (bicyclic) bond motifs is 2. The number of aromatic hydroxyl groups is 1. The number of aromatic nitrogens is 1. The van der Waals surface area contributed by atoms with E-state index in [0.717, 1.165) is 29.3 Å². The first-order chi connectivity index (χ1) is 13.4. The quantitative estimate of drug-likeness (QED) is 0.668. The Hall–Kier alpha value is -2.87. The van der Waals surface area contributed by atoms with E-state index < -0.39 is 17.5 Å². The summed E-state index contributed by atoms with van der Waals surface area (Å²) in [6, 6.07) is 6.76. The van der Waals surface area contributed by atoms with Gasteiger partial charge in [0.2, 0.25) is 0 Å². The first kappa shape index (κ1) is 18.5. The first-order valence-corrected chi connectivity index (χ1v) is 9.74. The monoisotopic (exact) mass is 401 g/mol. The minimum Gasteiger partial charge on any atom is -0.505 e. The van der Waals surface area contributed by atoms with Gasteiger partial charge in [0, 0.05) is 49.1 Å². The number of phenolic OH excluding ortho intramolecular Hbond substituents is 1. The fraction of sp³-hybridized carbons (Fsp3) is 0.200. The van der Waals surface area contributed by atoms with Gasteiger partial charge in [-0.15, -0.1) is 0 Å². The van der Waals surface area contributed by atoms with Crippen molar-refractivity contribution in [2.24, 2.45) is 0 Å². The molecule has 0 radical (unpaired) electrons. The molecule has 144 valence electrons. The number of carbonyl (C=O) groups is 1. The molecule has 5 nitrogen and oxygen atoms in total. The summed E-state index contributed by atoms with van der Waals surface area (Å²) in [6.45, 7) is 0.0888. The maximum absolute atomic E-state index is 14.1. The molecule has 1 amide bonds. The van der Waals surface area contributed by atoms with Crippen LogP contribution in [-0.2, 0) is 13.1 Å². The van der Waals surface area contributed by atoms with E-state index >= 15 is 0 Å². The molecule has 1 N–H and O–H groups in total. The van der Waals surface area contributed by atoms with Crippen molar-refractivity contribution in [3.05, 3.63) is 64.9 Å². The van der Waals surface area contributed by atoms with Gasteiger partial charge in [0.25, 0.3) is 5.91 Å². The summed E-state index contributed by atoms with van der Waals surface area (Å²) in [7, 11) is 1.86. The van der Waals surface area contributed by atoms with Crippen LogP contribution in [0, 0.1) is 11.6 Å². The van der Waals surface area contributed by atoms with Gasteiger partial charge in [-0.05, 0) is 30.3 Å². The number of benzene rings is 2. The molecule has 0 fully saturated rings. The van der Waals surface area contributed by atoms with Crippen molar-refractivity contribution in [3.63, 3.8) is 0 Å². The fourth-order valence-electron chi connectivity index (χ4n) is 3.58. The third kappa shape index (κ3) is 2.84. The average molecular weight is 401 g/mol. The van der Waals surface area contributed by atoms with Crippen LogP contribution in [0.4, 0.5) is 14.5 Å². The molecule has 0 bridgehead atoms. The highest BCUT2D eigenvalue weighted by molar-refractivity contribution is 7.99. The van der Waals surface area contributed by atoms with Crippen LogP contribution in [-0.4, -0.2) is 34.2 Å². The lowest BCUT2D eigenvalue weighted by atomic mass is 10.0. The highest BCUT2D eigenvalue weighted by atomic mass is 32.2. The van der Waals surface area contributed by atoms with Crippen LogP contribution in [0.2, 0.25) is 0 Å². The molecular formula is C20H17F2N3O2S. The molecule has 1 aliphatic heterocycles. The molecule has 1 aliphatic rings. The van der Waals surface area contributed by atoms with Crippen molar-refractivity contribution < 1.29 is 18.7 Å². The lowest BCUT2D eigenvalue weighted by Crippen LogP contribution is -2.24. The Bertz CT molecular complexity index is 1110. The van der Waals surface area contributed by atoms with E-state index in [9.17, 15) is 18.7 Å². The van der Waals surface area contributed by atoms with Crippen LogP contribution in [0.25, 0.3) is 10.9 Å². The number of phenols is 1. The lowest BCUT2D eigenvalue weighted by molar-refractivity contribution is 0.0763. The van der Waals surface area contributed by atoms with Crippen LogP contribution in [0.5, 0.6) is 5.75 Å². The second-order valence-electron chi connectivity index (χ2n) is 6.53. The normalized spacial score (nSPS) is 13.3. The molecule has 4 rings (SSSR count). The summed E-state index contributed by atoms with van der Waals surface area (Å²) < 4.78 is 29.5. The first-order valence-electron chi connectivity index (χ1n) is 8.56. The van der Waals surface area contributed by atoms with Gasteiger partial charge in [-0.1, -0.05) is 11.9 Å². The van der Waals surface area contributed by atoms with Gasteiger partial charge in [-0.3, -0.25) is 9.78 Å². The van der Waals surface area contributed by atoms with Crippen molar-refractivity contribution >= 4 is 34.4 Å². The molecule has 0 unspecified atom stereocenters. The van der Waals surface area contributed by atoms with E-state index in [0.29, 0.717) is 11.1 Å². The number of hydrogen-bond acceptors (Lipinski definition) is 5. The summed E-state index contributed by atoms with van der Waals surface area (Å²) >= 11 is 1.46. The molecule has 1 aromatic heterocycles. The zero-order valence-electron chi connectivity index (χ0n) is 15.2. The summed E-state index contributed by atoms with van der Waals surface area (Å²) in [4.78, 5) is 18.7. The molecule has 2 aromatic carbocycles. The Balaban J connectivity index is 1.85. The number of nitrogens with zero attached hydrogens (tertiary/aromatic N) is 3. The molecule has 0 atom stereocenters. The minimum atomic E-state index is -0.581. The Kier molecular flexibility index (Phi) is 4.58. The Morgan fingerprint density at radius 2 is 2.11 bits per heavy atom. The smallest absolute Gasteiger partial charge is 0.258 e. The minimum absolute atomic E-state index is 0.0862. The Morgan fingerprint density at radius 1 is 1.32 bits per heavy atom. The highest BCUT2D eigenvalue weighted by Crippen LogP contribution is 2.45. The topological polar surface area (TPSA) is 56.7 Å². The van der Waals surface area contributed by atoms with Crippen molar-refractivity contribution in [1.29, 1.82) is 0 Å². The number of anilines is 1. The van der Waals surface area contributed by atoms with E-state index in [1.807, 2.05) is 23.7 Å². The van der Waals surface area contributed by atoms with Crippen molar-refractivity contribution in [2.75, 3.05) is 17.6 Å². The average Bonchev–Trinajstić information content (AvgIpc) is 3.01. The van der Waals surface area contributed by atoms with Gasteiger partial charge in [-0.25, -0.2) is 8.78 Å². The van der Waals surface area contributed by atoms with Crippen LogP contribution < -0.4 is 4.31 Å². The molecule has 0 saturated heterocycles. The van der Waals surface area contributed by atoms with Gasteiger partial charge in [0.05, 0.1) is 11.3 Å². The third-order valence-electron chi connectivity index (χ3n) is 4.92. The van der Waals surface area contributed by atoms with Crippen LogP contribution in [0.1, 0.15) is 21.5 Å². The fourth-order valence-corrected chi connectivity index (χ4v) is 3.97. The van der Waals surface area contributed by atoms with E-state index in [-0.39, 0.29) is 30.0 Å².